The van der Waals surface area contributed by atoms with E-state index in [0.29, 0.717) is 5.56 Å². The van der Waals surface area contributed by atoms with E-state index >= 15 is 0 Å². The van der Waals surface area contributed by atoms with Crippen LogP contribution in [0, 0.1) is 6.92 Å². The average Bonchev–Trinajstić information content (AvgIpc) is 3.25. The number of methoxy groups -OCH3 is 1. The summed E-state index contributed by atoms with van der Waals surface area (Å²) < 4.78 is 15.8. The minimum atomic E-state index is -0.903. The zero-order valence-corrected chi connectivity index (χ0v) is 23.1. The lowest BCUT2D eigenvalue weighted by atomic mass is 10.1. The highest BCUT2D eigenvalue weighted by atomic mass is 35.5. The fourth-order valence-electron chi connectivity index (χ4n) is 4.31. The summed E-state index contributed by atoms with van der Waals surface area (Å²) in [5.74, 6) is -2.83. The highest BCUT2D eigenvalue weighted by molar-refractivity contribution is 6.40. The number of anilines is 1. The van der Waals surface area contributed by atoms with Crippen LogP contribution in [0.2, 0.25) is 5.02 Å². The number of benzene rings is 4. The Hall–Kier alpha value is -5.28. The summed E-state index contributed by atoms with van der Waals surface area (Å²) in [5, 5.41) is -0.0700. The lowest BCUT2D eigenvalue weighted by molar-refractivity contribution is 0.0471. The first-order chi connectivity index (χ1) is 20.2. The van der Waals surface area contributed by atoms with Crippen LogP contribution in [0.1, 0.15) is 57.4 Å². The van der Waals surface area contributed by atoms with Gasteiger partial charge in [-0.15, -0.1) is 0 Å². The van der Waals surface area contributed by atoms with Gasteiger partial charge in [0.1, 0.15) is 17.1 Å². The molecule has 5 rings (SSSR count). The first-order valence-corrected chi connectivity index (χ1v) is 13.0. The number of hydrogen-bond donors (Lipinski definition) is 0. The standard InChI is InChI=1S/C32H22ClNO8/c1-18-7-9-20(10-8-18)31(38)42-21-13-11-19(12-14-21)27(35)17-41-32(39)24-15-25(33)26(16-28(24)40-2)34-29(36)22-5-3-4-6-23(22)30(34)37/h3-16H,17H2,1-2H3. The normalized spacial score (nSPS) is 12.1. The number of imide groups is 1. The summed E-state index contributed by atoms with van der Waals surface area (Å²) in [7, 11) is 1.30. The van der Waals surface area contributed by atoms with Crippen LogP contribution in [0.3, 0.4) is 0 Å². The third-order valence-electron chi connectivity index (χ3n) is 6.53. The Bertz CT molecular complexity index is 1710. The van der Waals surface area contributed by atoms with Crippen LogP contribution in [-0.2, 0) is 4.74 Å². The van der Waals surface area contributed by atoms with E-state index in [0.717, 1.165) is 10.5 Å². The van der Waals surface area contributed by atoms with Gasteiger partial charge < -0.3 is 14.2 Å². The van der Waals surface area contributed by atoms with E-state index in [-0.39, 0.29) is 44.5 Å². The zero-order valence-electron chi connectivity index (χ0n) is 22.4. The topological polar surface area (TPSA) is 116 Å². The first kappa shape index (κ1) is 28.3. The van der Waals surface area contributed by atoms with Gasteiger partial charge >= 0.3 is 11.9 Å². The Morgan fingerprint density at radius 2 is 1.38 bits per heavy atom. The third kappa shape index (κ3) is 5.50. The van der Waals surface area contributed by atoms with Crippen LogP contribution in [0.4, 0.5) is 5.69 Å². The molecule has 0 N–H and O–H groups in total. The number of rotatable bonds is 8. The van der Waals surface area contributed by atoms with Gasteiger partial charge in [0, 0.05) is 11.6 Å². The minimum absolute atomic E-state index is 0.0110. The first-order valence-electron chi connectivity index (χ1n) is 12.6. The Labute approximate surface area is 245 Å². The number of halogens is 1. The quantitative estimate of drug-likeness (QED) is 0.112. The molecule has 210 valence electrons. The van der Waals surface area contributed by atoms with Crippen LogP contribution in [-0.4, -0.2) is 43.3 Å². The summed E-state index contributed by atoms with van der Waals surface area (Å²) in [6, 6.07) is 21.6. The van der Waals surface area contributed by atoms with Gasteiger partial charge in [0.2, 0.25) is 0 Å². The van der Waals surface area contributed by atoms with E-state index < -0.39 is 36.1 Å². The maximum Gasteiger partial charge on any atom is 0.343 e. The summed E-state index contributed by atoms with van der Waals surface area (Å²) in [4.78, 5) is 64.5. The molecule has 0 unspecified atom stereocenters. The molecule has 0 saturated heterocycles. The number of Topliss-reactive ketones (excluding diaryl/α,β-unsaturated/α-hetero) is 1. The van der Waals surface area contributed by atoms with Crippen molar-refractivity contribution in [2.45, 2.75) is 6.92 Å². The molecule has 4 aromatic rings. The van der Waals surface area contributed by atoms with E-state index in [9.17, 15) is 24.0 Å². The molecule has 0 atom stereocenters. The summed E-state index contributed by atoms with van der Waals surface area (Å²) in [6.45, 7) is 1.31. The molecule has 1 aliphatic heterocycles. The van der Waals surface area contributed by atoms with Gasteiger partial charge in [-0.2, -0.15) is 0 Å². The number of carbonyl (C=O) groups excluding carboxylic acids is 5. The maximum atomic E-state index is 12.9. The van der Waals surface area contributed by atoms with Gasteiger partial charge in [0.15, 0.2) is 12.4 Å². The lowest BCUT2D eigenvalue weighted by Crippen LogP contribution is -2.29. The monoisotopic (exact) mass is 583 g/mol. The van der Waals surface area contributed by atoms with Crippen molar-refractivity contribution >= 4 is 46.8 Å². The van der Waals surface area contributed by atoms with Crippen LogP contribution in [0.5, 0.6) is 11.5 Å². The van der Waals surface area contributed by atoms with Gasteiger partial charge in [0.05, 0.1) is 34.5 Å². The van der Waals surface area contributed by atoms with Crippen molar-refractivity contribution < 1.29 is 38.2 Å². The molecule has 0 radical (unpaired) electrons. The molecule has 4 aromatic carbocycles. The predicted molar refractivity (Wildman–Crippen MR) is 153 cm³/mol. The largest absolute Gasteiger partial charge is 0.496 e. The number of carbonyl (C=O) groups is 5. The second-order valence-corrected chi connectivity index (χ2v) is 9.68. The Morgan fingerprint density at radius 3 is 1.98 bits per heavy atom. The van der Waals surface area contributed by atoms with Crippen LogP contribution >= 0.6 is 11.6 Å². The van der Waals surface area contributed by atoms with E-state index in [1.54, 1.807) is 36.4 Å². The molecule has 0 saturated carbocycles. The number of ether oxygens (including phenoxy) is 3. The van der Waals surface area contributed by atoms with Crippen LogP contribution < -0.4 is 14.4 Å². The summed E-state index contributed by atoms with van der Waals surface area (Å²) in [5.41, 5.74) is 2.03. The number of amides is 2. The van der Waals surface area contributed by atoms with Crippen LogP contribution in [0.25, 0.3) is 0 Å². The van der Waals surface area contributed by atoms with Crippen molar-refractivity contribution in [3.63, 3.8) is 0 Å². The highest BCUT2D eigenvalue weighted by Crippen LogP contribution is 2.38. The second-order valence-electron chi connectivity index (χ2n) is 9.27. The molecule has 0 fully saturated rings. The molecule has 1 heterocycles. The number of nitrogens with zero attached hydrogens (tertiary/aromatic N) is 1. The molecular weight excluding hydrogens is 562 g/mol. The molecule has 9 nitrogen and oxygen atoms in total. The number of hydrogen-bond acceptors (Lipinski definition) is 8. The lowest BCUT2D eigenvalue weighted by Gasteiger charge is -2.18. The van der Waals surface area contributed by atoms with Crippen molar-refractivity contribution in [2.75, 3.05) is 18.6 Å². The number of ketones is 1. The van der Waals surface area contributed by atoms with E-state index in [1.807, 2.05) is 6.92 Å². The molecule has 42 heavy (non-hydrogen) atoms. The molecular formula is C32H22ClNO8. The highest BCUT2D eigenvalue weighted by Gasteiger charge is 2.38. The van der Waals surface area contributed by atoms with Crippen LogP contribution in [0.15, 0.2) is 84.9 Å². The fraction of sp³-hybridized carbons (Fsp3) is 0.0938. The smallest absolute Gasteiger partial charge is 0.343 e. The number of fused-ring (bicyclic) bond motifs is 1. The predicted octanol–water partition coefficient (Wildman–Crippen LogP) is 5.72. The molecule has 10 heteroatoms. The van der Waals surface area contributed by atoms with Crippen molar-refractivity contribution in [1.29, 1.82) is 0 Å². The summed E-state index contributed by atoms with van der Waals surface area (Å²) >= 11 is 6.40. The molecule has 0 bridgehead atoms. The second kappa shape index (κ2) is 11.7. The molecule has 0 spiro atoms. The maximum absolute atomic E-state index is 12.9. The van der Waals surface area contributed by atoms with Gasteiger partial charge in [-0.1, -0.05) is 41.4 Å². The van der Waals surface area contributed by atoms with Crippen molar-refractivity contribution in [3.8, 4) is 11.5 Å². The van der Waals surface area contributed by atoms with E-state index in [4.69, 9.17) is 25.8 Å². The molecule has 2 amide bonds. The molecule has 0 aliphatic carbocycles. The van der Waals surface area contributed by atoms with Crippen molar-refractivity contribution in [1.82, 2.24) is 0 Å². The average molecular weight is 584 g/mol. The summed E-state index contributed by atoms with van der Waals surface area (Å²) in [6.07, 6.45) is 0. The minimum Gasteiger partial charge on any atom is -0.496 e. The van der Waals surface area contributed by atoms with E-state index in [1.165, 1.54) is 55.6 Å². The third-order valence-corrected chi connectivity index (χ3v) is 6.84. The Morgan fingerprint density at radius 1 is 0.786 bits per heavy atom. The SMILES string of the molecule is COc1cc(N2C(=O)c3ccccc3C2=O)c(Cl)cc1C(=O)OCC(=O)c1ccc(OC(=O)c2ccc(C)cc2)cc1. The molecule has 1 aliphatic rings. The van der Waals surface area contributed by atoms with Gasteiger partial charge in [0.25, 0.3) is 11.8 Å². The Kier molecular flexibility index (Phi) is 7.86. The number of esters is 2. The Balaban J connectivity index is 1.24. The van der Waals surface area contributed by atoms with Gasteiger partial charge in [-0.25, -0.2) is 14.5 Å². The van der Waals surface area contributed by atoms with Gasteiger partial charge in [-0.05, 0) is 61.5 Å². The van der Waals surface area contributed by atoms with Crippen molar-refractivity contribution in [2.24, 2.45) is 0 Å². The molecule has 0 aromatic heterocycles. The van der Waals surface area contributed by atoms with E-state index in [2.05, 4.69) is 0 Å². The van der Waals surface area contributed by atoms with Gasteiger partial charge in [-0.3, -0.25) is 14.4 Å². The zero-order chi connectivity index (χ0) is 30.0. The number of aryl methyl sites for hydroxylation is 1. The fourth-order valence-corrected chi connectivity index (χ4v) is 4.56. The van der Waals surface area contributed by atoms with Crippen molar-refractivity contribution in [3.05, 3.63) is 123 Å².